The average Bonchev–Trinajstić information content (AvgIpc) is 3.33. The molecule has 2 aromatic heterocycles. The summed E-state index contributed by atoms with van der Waals surface area (Å²) in [6.07, 6.45) is 3.25. The van der Waals surface area contributed by atoms with Crippen LogP contribution in [0, 0.1) is 0 Å². The van der Waals surface area contributed by atoms with Crippen LogP contribution in [-0.4, -0.2) is 18.4 Å². The van der Waals surface area contributed by atoms with E-state index in [1.807, 2.05) is 40.6 Å². The number of carbonyl (C=O) groups excluding carboxylic acids is 2. The zero-order valence-electron chi connectivity index (χ0n) is 13.4. The molecule has 1 aliphatic rings. The molecule has 126 valence electrons. The van der Waals surface area contributed by atoms with E-state index in [1.165, 1.54) is 17.6 Å². The van der Waals surface area contributed by atoms with Gasteiger partial charge in [-0.05, 0) is 60.2 Å². The lowest BCUT2D eigenvalue weighted by molar-refractivity contribution is 0.0983. The average molecular weight is 352 g/mol. The lowest BCUT2D eigenvalue weighted by Crippen LogP contribution is -2.35. The number of amides is 2. The number of benzene rings is 1. The van der Waals surface area contributed by atoms with Crippen molar-refractivity contribution >= 4 is 34.5 Å². The Kier molecular flexibility index (Phi) is 4.11. The first-order valence-electron chi connectivity index (χ1n) is 8.05. The quantitative estimate of drug-likeness (QED) is 0.769. The van der Waals surface area contributed by atoms with Gasteiger partial charge in [-0.2, -0.15) is 0 Å². The van der Waals surface area contributed by atoms with Crippen LogP contribution >= 0.6 is 11.3 Å². The molecule has 2 amide bonds. The number of aryl methyl sites for hydroxylation is 1. The summed E-state index contributed by atoms with van der Waals surface area (Å²) >= 11 is 1.45. The van der Waals surface area contributed by atoms with Crippen LogP contribution in [0.4, 0.5) is 11.4 Å². The number of rotatable bonds is 3. The number of hydrogen-bond acceptors (Lipinski definition) is 4. The van der Waals surface area contributed by atoms with Crippen molar-refractivity contribution in [2.24, 2.45) is 0 Å². The number of furan rings is 1. The zero-order valence-corrected chi connectivity index (χ0v) is 14.2. The highest BCUT2D eigenvalue weighted by Gasteiger charge is 2.24. The summed E-state index contributed by atoms with van der Waals surface area (Å²) in [4.78, 5) is 27.4. The molecular weight excluding hydrogens is 336 g/mol. The molecule has 0 fully saturated rings. The molecule has 0 bridgehead atoms. The number of carbonyl (C=O) groups is 2. The van der Waals surface area contributed by atoms with Crippen molar-refractivity contribution in [3.05, 3.63) is 70.3 Å². The standard InChI is InChI=1S/C19H16N2O3S/c22-18(16-5-2-10-24-16)20-14-7-8-15-13(12-14)4-1-9-21(15)19(23)17-6-3-11-25-17/h2-3,5-8,10-12H,1,4,9H2,(H,20,22). The van der Waals surface area contributed by atoms with Crippen LogP contribution in [0.1, 0.15) is 32.2 Å². The lowest BCUT2D eigenvalue weighted by atomic mass is 10.0. The molecule has 1 aromatic carbocycles. The van der Waals surface area contributed by atoms with Gasteiger partial charge in [-0.3, -0.25) is 9.59 Å². The van der Waals surface area contributed by atoms with E-state index in [9.17, 15) is 9.59 Å². The smallest absolute Gasteiger partial charge is 0.291 e. The Bertz CT molecular complexity index is 901. The Morgan fingerprint density at radius 1 is 1.16 bits per heavy atom. The minimum absolute atomic E-state index is 0.0309. The summed E-state index contributed by atoms with van der Waals surface area (Å²) in [7, 11) is 0. The maximum atomic E-state index is 12.7. The molecule has 3 heterocycles. The molecule has 5 nitrogen and oxygen atoms in total. The molecule has 6 heteroatoms. The highest BCUT2D eigenvalue weighted by Crippen LogP contribution is 2.31. The van der Waals surface area contributed by atoms with Crippen LogP contribution in [0.3, 0.4) is 0 Å². The Morgan fingerprint density at radius 2 is 2.08 bits per heavy atom. The Labute approximate surface area is 148 Å². The third kappa shape index (κ3) is 3.08. The molecule has 0 aliphatic carbocycles. The Morgan fingerprint density at radius 3 is 2.84 bits per heavy atom. The first-order chi connectivity index (χ1) is 12.2. The molecule has 0 atom stereocenters. The number of hydrogen-bond donors (Lipinski definition) is 1. The van der Waals surface area contributed by atoms with Gasteiger partial charge in [0, 0.05) is 17.9 Å². The maximum absolute atomic E-state index is 12.7. The summed E-state index contributed by atoms with van der Waals surface area (Å²) in [6.45, 7) is 0.710. The second-order valence-electron chi connectivity index (χ2n) is 5.81. The summed E-state index contributed by atoms with van der Waals surface area (Å²) in [5, 5.41) is 4.74. The minimum atomic E-state index is -0.285. The van der Waals surface area contributed by atoms with Gasteiger partial charge in [0.05, 0.1) is 11.1 Å². The van der Waals surface area contributed by atoms with E-state index in [2.05, 4.69) is 5.32 Å². The second-order valence-corrected chi connectivity index (χ2v) is 6.76. The van der Waals surface area contributed by atoms with E-state index in [0.29, 0.717) is 12.2 Å². The molecule has 1 N–H and O–H groups in total. The number of anilines is 2. The van der Waals surface area contributed by atoms with Gasteiger partial charge >= 0.3 is 0 Å². The van der Waals surface area contributed by atoms with Gasteiger partial charge in [0.1, 0.15) is 0 Å². The van der Waals surface area contributed by atoms with Crippen LogP contribution in [0.5, 0.6) is 0 Å². The Hall–Kier alpha value is -2.86. The van der Waals surface area contributed by atoms with E-state index in [4.69, 9.17) is 4.42 Å². The van der Waals surface area contributed by atoms with Gasteiger partial charge in [-0.15, -0.1) is 11.3 Å². The van der Waals surface area contributed by atoms with Gasteiger partial charge in [-0.1, -0.05) is 6.07 Å². The molecule has 4 rings (SSSR count). The molecule has 0 saturated heterocycles. The number of thiophene rings is 1. The largest absolute Gasteiger partial charge is 0.459 e. The molecule has 25 heavy (non-hydrogen) atoms. The van der Waals surface area contributed by atoms with E-state index in [-0.39, 0.29) is 17.6 Å². The van der Waals surface area contributed by atoms with Gasteiger partial charge in [0.25, 0.3) is 11.8 Å². The van der Waals surface area contributed by atoms with Crippen LogP contribution in [0.15, 0.2) is 58.5 Å². The van der Waals surface area contributed by atoms with E-state index < -0.39 is 0 Å². The van der Waals surface area contributed by atoms with Crippen LogP contribution < -0.4 is 10.2 Å². The van der Waals surface area contributed by atoms with Crippen molar-refractivity contribution in [1.29, 1.82) is 0 Å². The van der Waals surface area contributed by atoms with Crippen molar-refractivity contribution in [2.75, 3.05) is 16.8 Å². The molecule has 0 spiro atoms. The van der Waals surface area contributed by atoms with Crippen molar-refractivity contribution < 1.29 is 14.0 Å². The third-order valence-electron chi connectivity index (χ3n) is 4.18. The fraction of sp³-hybridized carbons (Fsp3) is 0.158. The third-order valence-corrected chi connectivity index (χ3v) is 5.04. The van der Waals surface area contributed by atoms with E-state index >= 15 is 0 Å². The number of fused-ring (bicyclic) bond motifs is 1. The molecule has 0 unspecified atom stereocenters. The van der Waals surface area contributed by atoms with Crippen LogP contribution in [0.25, 0.3) is 0 Å². The molecular formula is C19H16N2O3S. The minimum Gasteiger partial charge on any atom is -0.459 e. The summed E-state index contributed by atoms with van der Waals surface area (Å²) in [5.41, 5.74) is 2.68. The summed E-state index contributed by atoms with van der Waals surface area (Å²) < 4.78 is 5.11. The van der Waals surface area contributed by atoms with Crippen molar-refractivity contribution in [1.82, 2.24) is 0 Å². The molecule has 0 saturated carbocycles. The van der Waals surface area contributed by atoms with Gasteiger partial charge in [-0.25, -0.2) is 0 Å². The lowest BCUT2D eigenvalue weighted by Gasteiger charge is -2.29. The highest BCUT2D eigenvalue weighted by atomic mass is 32.1. The topological polar surface area (TPSA) is 62.6 Å². The fourth-order valence-corrected chi connectivity index (χ4v) is 3.69. The van der Waals surface area contributed by atoms with Gasteiger partial charge < -0.3 is 14.6 Å². The number of nitrogens with one attached hydrogen (secondary N) is 1. The van der Waals surface area contributed by atoms with Crippen LogP contribution in [0.2, 0.25) is 0 Å². The highest BCUT2D eigenvalue weighted by molar-refractivity contribution is 7.12. The fourth-order valence-electron chi connectivity index (χ4n) is 3.02. The molecule has 1 aliphatic heterocycles. The Balaban J connectivity index is 1.58. The van der Waals surface area contributed by atoms with Crippen molar-refractivity contribution in [3.63, 3.8) is 0 Å². The molecule has 0 radical (unpaired) electrons. The first kappa shape index (κ1) is 15.7. The monoisotopic (exact) mass is 352 g/mol. The number of nitrogens with zero attached hydrogens (tertiary/aromatic N) is 1. The first-order valence-corrected chi connectivity index (χ1v) is 8.93. The predicted molar refractivity (Wildman–Crippen MR) is 97.4 cm³/mol. The zero-order chi connectivity index (χ0) is 17.2. The van der Waals surface area contributed by atoms with Gasteiger partial charge in [0.2, 0.25) is 0 Å². The SMILES string of the molecule is O=C(Nc1ccc2c(c1)CCCN2C(=O)c1cccs1)c1ccco1. The molecule has 3 aromatic rings. The van der Waals surface area contributed by atoms with E-state index in [0.717, 1.165) is 29.0 Å². The van der Waals surface area contributed by atoms with Gasteiger partial charge in [0.15, 0.2) is 5.76 Å². The van der Waals surface area contributed by atoms with Crippen LogP contribution in [-0.2, 0) is 6.42 Å². The van der Waals surface area contributed by atoms with Crippen molar-refractivity contribution in [2.45, 2.75) is 12.8 Å². The summed E-state index contributed by atoms with van der Waals surface area (Å²) in [5.74, 6) is 0.0165. The normalized spacial score (nSPS) is 13.4. The predicted octanol–water partition coefficient (Wildman–Crippen LogP) is 4.19. The van der Waals surface area contributed by atoms with Crippen molar-refractivity contribution in [3.8, 4) is 0 Å². The van der Waals surface area contributed by atoms with E-state index in [1.54, 1.807) is 12.1 Å². The maximum Gasteiger partial charge on any atom is 0.291 e. The second kappa shape index (κ2) is 6.57. The summed E-state index contributed by atoms with van der Waals surface area (Å²) in [6, 6.07) is 12.7.